The van der Waals surface area contributed by atoms with Crippen LogP contribution in [0.3, 0.4) is 0 Å². The number of benzene rings is 1. The van der Waals surface area contributed by atoms with E-state index in [0.717, 1.165) is 4.34 Å². The Labute approximate surface area is 124 Å². The van der Waals surface area contributed by atoms with E-state index in [-0.39, 0.29) is 6.04 Å². The molecule has 1 unspecified atom stereocenters. The molecule has 1 N–H and O–H groups in total. The van der Waals surface area contributed by atoms with Crippen LogP contribution in [-0.2, 0) is 0 Å². The second kappa shape index (κ2) is 5.59. The molecule has 1 heterocycles. The normalized spacial score (nSPS) is 12.5. The molecule has 0 aliphatic heterocycles. The Bertz CT molecular complexity index is 524. The lowest BCUT2D eigenvalue weighted by Gasteiger charge is -2.16. The molecule has 0 aliphatic carbocycles. The zero-order valence-corrected chi connectivity index (χ0v) is 13.4. The van der Waals surface area contributed by atoms with E-state index in [9.17, 15) is 0 Å². The molecule has 0 saturated heterocycles. The SMILES string of the molecule is Cc1c(I)cccc1NC(C)c1csc(Cl)c1. The maximum Gasteiger partial charge on any atom is 0.0931 e. The molecule has 0 amide bonds. The van der Waals surface area contributed by atoms with Gasteiger partial charge in [-0.3, -0.25) is 0 Å². The van der Waals surface area contributed by atoms with E-state index in [4.69, 9.17) is 11.6 Å². The standard InChI is InChI=1S/C13H13ClINS/c1-8-11(15)4-3-5-12(8)16-9(2)10-6-13(14)17-7-10/h3-7,9,16H,1-2H3. The molecule has 0 radical (unpaired) electrons. The zero-order valence-electron chi connectivity index (χ0n) is 9.63. The first kappa shape index (κ1) is 13.2. The average Bonchev–Trinajstić information content (AvgIpc) is 2.72. The molecule has 0 saturated carbocycles. The number of halogens is 2. The van der Waals surface area contributed by atoms with Gasteiger partial charge in [-0.05, 0) is 71.1 Å². The van der Waals surface area contributed by atoms with E-state index in [1.807, 2.05) is 6.07 Å². The van der Waals surface area contributed by atoms with Crippen LogP contribution in [0.2, 0.25) is 4.34 Å². The van der Waals surface area contributed by atoms with E-state index in [2.05, 4.69) is 65.3 Å². The van der Waals surface area contributed by atoms with Crippen molar-refractivity contribution >= 4 is 51.2 Å². The molecule has 0 bridgehead atoms. The Balaban J connectivity index is 2.18. The van der Waals surface area contributed by atoms with Gasteiger partial charge in [-0.2, -0.15) is 0 Å². The van der Waals surface area contributed by atoms with Gasteiger partial charge in [0.1, 0.15) is 0 Å². The fraction of sp³-hybridized carbons (Fsp3) is 0.231. The summed E-state index contributed by atoms with van der Waals surface area (Å²) >= 11 is 9.88. The second-order valence-electron chi connectivity index (χ2n) is 3.96. The third-order valence-electron chi connectivity index (χ3n) is 2.73. The molecule has 1 aromatic heterocycles. The van der Waals surface area contributed by atoms with Crippen LogP contribution in [0.1, 0.15) is 24.1 Å². The van der Waals surface area contributed by atoms with Gasteiger partial charge in [-0.1, -0.05) is 17.7 Å². The van der Waals surface area contributed by atoms with Gasteiger partial charge < -0.3 is 5.32 Å². The van der Waals surface area contributed by atoms with Gasteiger partial charge in [0.15, 0.2) is 0 Å². The average molecular weight is 378 g/mol. The van der Waals surface area contributed by atoms with E-state index >= 15 is 0 Å². The lowest BCUT2D eigenvalue weighted by Crippen LogP contribution is -2.07. The summed E-state index contributed by atoms with van der Waals surface area (Å²) in [7, 11) is 0. The number of hydrogen-bond acceptors (Lipinski definition) is 2. The Morgan fingerprint density at radius 1 is 1.41 bits per heavy atom. The third kappa shape index (κ3) is 3.14. The molecule has 0 spiro atoms. The largest absolute Gasteiger partial charge is 0.378 e. The van der Waals surface area contributed by atoms with Crippen molar-refractivity contribution in [2.75, 3.05) is 5.32 Å². The molecule has 0 fully saturated rings. The summed E-state index contributed by atoms with van der Waals surface area (Å²) in [5.41, 5.74) is 3.71. The lowest BCUT2D eigenvalue weighted by atomic mass is 10.1. The molecule has 2 rings (SSSR count). The highest BCUT2D eigenvalue weighted by atomic mass is 127. The summed E-state index contributed by atoms with van der Waals surface area (Å²) in [6.07, 6.45) is 0. The van der Waals surface area contributed by atoms with Crippen LogP contribution in [0.15, 0.2) is 29.6 Å². The predicted molar refractivity (Wildman–Crippen MR) is 85.3 cm³/mol. The topological polar surface area (TPSA) is 12.0 Å². The van der Waals surface area contributed by atoms with E-state index in [1.54, 1.807) is 11.3 Å². The number of anilines is 1. The quantitative estimate of drug-likeness (QED) is 0.698. The van der Waals surface area contributed by atoms with Crippen LogP contribution in [-0.4, -0.2) is 0 Å². The molecular weight excluding hydrogens is 365 g/mol. The van der Waals surface area contributed by atoms with Gasteiger partial charge in [0.2, 0.25) is 0 Å². The maximum atomic E-state index is 5.95. The highest BCUT2D eigenvalue weighted by molar-refractivity contribution is 14.1. The molecule has 1 nitrogen and oxygen atoms in total. The van der Waals surface area contributed by atoms with Gasteiger partial charge in [0, 0.05) is 15.3 Å². The Morgan fingerprint density at radius 3 is 2.82 bits per heavy atom. The van der Waals surface area contributed by atoms with Crippen molar-refractivity contribution in [2.24, 2.45) is 0 Å². The summed E-state index contributed by atoms with van der Waals surface area (Å²) in [6, 6.07) is 8.60. The van der Waals surface area contributed by atoms with Crippen molar-refractivity contribution in [3.8, 4) is 0 Å². The highest BCUT2D eigenvalue weighted by Crippen LogP contribution is 2.29. The van der Waals surface area contributed by atoms with Crippen molar-refractivity contribution in [1.82, 2.24) is 0 Å². The molecule has 1 aromatic carbocycles. The minimum atomic E-state index is 0.274. The molecule has 2 aromatic rings. The van der Waals surface area contributed by atoms with Gasteiger partial charge in [-0.15, -0.1) is 11.3 Å². The minimum absolute atomic E-state index is 0.274. The van der Waals surface area contributed by atoms with Crippen molar-refractivity contribution in [1.29, 1.82) is 0 Å². The molecule has 90 valence electrons. The molecule has 17 heavy (non-hydrogen) atoms. The number of nitrogens with one attached hydrogen (secondary N) is 1. The van der Waals surface area contributed by atoms with Crippen LogP contribution in [0.4, 0.5) is 5.69 Å². The van der Waals surface area contributed by atoms with E-state index in [0.29, 0.717) is 0 Å². The minimum Gasteiger partial charge on any atom is -0.378 e. The van der Waals surface area contributed by atoms with Crippen molar-refractivity contribution < 1.29 is 0 Å². The molecule has 0 aliphatic rings. The molecule has 4 heteroatoms. The van der Waals surface area contributed by atoms with Crippen LogP contribution < -0.4 is 5.32 Å². The Hall–Kier alpha value is -0.260. The molecular formula is C13H13ClINS. The Morgan fingerprint density at radius 2 is 2.18 bits per heavy atom. The monoisotopic (exact) mass is 377 g/mol. The van der Waals surface area contributed by atoms with Crippen LogP contribution in [0, 0.1) is 10.5 Å². The Kier molecular flexibility index (Phi) is 4.33. The van der Waals surface area contributed by atoms with Gasteiger partial charge in [0.05, 0.1) is 4.34 Å². The summed E-state index contributed by atoms with van der Waals surface area (Å²) in [4.78, 5) is 0. The number of rotatable bonds is 3. The smallest absolute Gasteiger partial charge is 0.0931 e. The van der Waals surface area contributed by atoms with Crippen LogP contribution >= 0.6 is 45.5 Å². The van der Waals surface area contributed by atoms with Crippen LogP contribution in [0.5, 0.6) is 0 Å². The van der Waals surface area contributed by atoms with Gasteiger partial charge >= 0.3 is 0 Å². The summed E-state index contributed by atoms with van der Waals surface area (Å²) in [6.45, 7) is 4.29. The fourth-order valence-corrected chi connectivity index (χ4v) is 3.11. The summed E-state index contributed by atoms with van der Waals surface area (Å²) in [5.74, 6) is 0. The number of hydrogen-bond donors (Lipinski definition) is 1. The lowest BCUT2D eigenvalue weighted by molar-refractivity contribution is 0.888. The first-order chi connectivity index (χ1) is 8.08. The van der Waals surface area contributed by atoms with Crippen molar-refractivity contribution in [2.45, 2.75) is 19.9 Å². The summed E-state index contributed by atoms with van der Waals surface area (Å²) in [5, 5.41) is 5.62. The highest BCUT2D eigenvalue weighted by Gasteiger charge is 2.09. The second-order valence-corrected chi connectivity index (χ2v) is 6.67. The fourth-order valence-electron chi connectivity index (χ4n) is 1.63. The van der Waals surface area contributed by atoms with Crippen molar-refractivity contribution in [3.05, 3.63) is 48.7 Å². The van der Waals surface area contributed by atoms with Gasteiger partial charge in [0.25, 0.3) is 0 Å². The zero-order chi connectivity index (χ0) is 12.4. The van der Waals surface area contributed by atoms with E-state index in [1.165, 1.54) is 20.4 Å². The van der Waals surface area contributed by atoms with Crippen molar-refractivity contribution in [3.63, 3.8) is 0 Å². The number of thiophene rings is 1. The first-order valence-electron chi connectivity index (χ1n) is 5.33. The summed E-state index contributed by atoms with van der Waals surface area (Å²) < 4.78 is 2.12. The third-order valence-corrected chi connectivity index (χ3v) is 5.01. The first-order valence-corrected chi connectivity index (χ1v) is 7.67. The molecule has 1 atom stereocenters. The maximum absolute atomic E-state index is 5.95. The van der Waals surface area contributed by atoms with Crippen LogP contribution in [0.25, 0.3) is 0 Å². The van der Waals surface area contributed by atoms with Gasteiger partial charge in [-0.25, -0.2) is 0 Å². The predicted octanol–water partition coefficient (Wildman–Crippen LogP) is 5.49. The van der Waals surface area contributed by atoms with E-state index < -0.39 is 0 Å².